The highest BCUT2D eigenvalue weighted by Gasteiger charge is 2.32. The topological polar surface area (TPSA) is 80.0 Å². The van der Waals surface area contributed by atoms with Crippen LogP contribution < -0.4 is 5.32 Å². The van der Waals surface area contributed by atoms with E-state index in [0.717, 1.165) is 13.1 Å². The van der Waals surface area contributed by atoms with E-state index in [2.05, 4.69) is 10.5 Å². The number of sulfonamides is 1. The summed E-state index contributed by atoms with van der Waals surface area (Å²) < 4.78 is 31.0. The number of aryl methyl sites for hydroxylation is 2. The minimum atomic E-state index is -3.42. The molecule has 1 aliphatic heterocycles. The van der Waals surface area contributed by atoms with E-state index in [1.807, 2.05) is 0 Å². The average molecular weight is 246 g/mol. The van der Waals surface area contributed by atoms with Crippen LogP contribution in [-0.4, -0.2) is 44.1 Å². The predicted octanol–water partition coefficient (Wildman–Crippen LogP) is -1.14. The normalized spacial score (nSPS) is 18.9. The molecule has 1 aliphatic rings. The molecule has 1 saturated heterocycles. The van der Waals surface area contributed by atoms with Crippen molar-refractivity contribution in [3.63, 3.8) is 0 Å². The van der Waals surface area contributed by atoms with Crippen LogP contribution in [0.1, 0.15) is 11.5 Å². The third-order valence-electron chi connectivity index (χ3n) is 2.73. The Bertz CT molecular complexity index is 455. The van der Waals surface area contributed by atoms with Gasteiger partial charge in [-0.2, -0.15) is 4.31 Å². The van der Waals surface area contributed by atoms with Gasteiger partial charge in [0.15, 0.2) is 5.76 Å². The fourth-order valence-electron chi connectivity index (χ4n) is 1.94. The number of hydrogen-bond acceptors (Lipinski definition) is 4. The molecule has 0 bridgehead atoms. The zero-order valence-corrected chi connectivity index (χ0v) is 10.2. The van der Waals surface area contributed by atoms with Gasteiger partial charge in [0.05, 0.1) is 26.2 Å². The summed E-state index contributed by atoms with van der Waals surface area (Å²) in [7, 11) is -3.42. The maximum absolute atomic E-state index is 12.3. The molecule has 0 unspecified atom stereocenters. The van der Waals surface area contributed by atoms with Crippen LogP contribution in [0.3, 0.4) is 0 Å². The first-order valence-corrected chi connectivity index (χ1v) is 6.72. The quantitative estimate of drug-likeness (QED) is 0.715. The maximum Gasteiger partial charge on any atom is 0.248 e. The standard InChI is InChI=1S/C9H15N3O3S/c1-7-9(8(2)15-11-7)16(13,14)12-5-3-10-4-6-12/h10H,3-6H2,1-2H3/p+1. The first-order chi connectivity index (χ1) is 7.53. The van der Waals surface area contributed by atoms with Crippen LogP contribution in [0.5, 0.6) is 0 Å². The molecule has 1 fully saturated rings. The third-order valence-corrected chi connectivity index (χ3v) is 4.87. The molecule has 0 spiro atoms. The van der Waals surface area contributed by atoms with Gasteiger partial charge in [0.1, 0.15) is 10.6 Å². The van der Waals surface area contributed by atoms with Gasteiger partial charge < -0.3 is 9.84 Å². The Balaban J connectivity index is 2.38. The lowest BCUT2D eigenvalue weighted by atomic mass is 10.4. The number of piperazine rings is 1. The lowest BCUT2D eigenvalue weighted by Crippen LogP contribution is -2.89. The Kier molecular flexibility index (Phi) is 3.00. The van der Waals surface area contributed by atoms with Gasteiger partial charge in [-0.05, 0) is 13.8 Å². The molecule has 90 valence electrons. The Hall–Kier alpha value is -0.920. The molecule has 6 nitrogen and oxygen atoms in total. The van der Waals surface area contributed by atoms with E-state index < -0.39 is 10.0 Å². The molecule has 0 aliphatic carbocycles. The third kappa shape index (κ3) is 1.85. The highest BCUT2D eigenvalue weighted by Crippen LogP contribution is 2.22. The summed E-state index contributed by atoms with van der Waals surface area (Å²) in [6, 6.07) is 0. The summed E-state index contributed by atoms with van der Waals surface area (Å²) in [5.41, 5.74) is 0.437. The van der Waals surface area contributed by atoms with Crippen molar-refractivity contribution in [2.75, 3.05) is 26.2 Å². The summed E-state index contributed by atoms with van der Waals surface area (Å²) in [6.45, 7) is 5.99. The molecule has 0 amide bonds. The van der Waals surface area contributed by atoms with Crippen LogP contribution in [0.25, 0.3) is 0 Å². The number of quaternary nitrogens is 1. The zero-order valence-electron chi connectivity index (χ0n) is 9.43. The van der Waals surface area contributed by atoms with Crippen molar-refractivity contribution in [1.29, 1.82) is 0 Å². The first kappa shape index (κ1) is 11.6. The lowest BCUT2D eigenvalue weighted by molar-refractivity contribution is -0.661. The Morgan fingerprint density at radius 1 is 1.31 bits per heavy atom. The summed E-state index contributed by atoms with van der Waals surface area (Å²) in [5.74, 6) is 0.368. The molecule has 0 radical (unpaired) electrons. The molecule has 16 heavy (non-hydrogen) atoms. The Morgan fingerprint density at radius 2 is 1.94 bits per heavy atom. The minimum absolute atomic E-state index is 0.231. The van der Waals surface area contributed by atoms with E-state index in [4.69, 9.17) is 4.52 Å². The van der Waals surface area contributed by atoms with Crippen LogP contribution in [-0.2, 0) is 10.0 Å². The summed E-state index contributed by atoms with van der Waals surface area (Å²) in [4.78, 5) is 0.231. The zero-order chi connectivity index (χ0) is 11.8. The van der Waals surface area contributed by atoms with Gasteiger partial charge >= 0.3 is 0 Å². The highest BCUT2D eigenvalue weighted by molar-refractivity contribution is 7.89. The molecule has 0 aromatic carbocycles. The maximum atomic E-state index is 12.3. The van der Waals surface area contributed by atoms with Crippen LogP contribution in [0.2, 0.25) is 0 Å². The fourth-order valence-corrected chi connectivity index (χ4v) is 3.70. The van der Waals surface area contributed by atoms with Crippen LogP contribution in [0.15, 0.2) is 9.42 Å². The van der Waals surface area contributed by atoms with Crippen LogP contribution in [0.4, 0.5) is 0 Å². The van der Waals surface area contributed by atoms with E-state index in [9.17, 15) is 8.42 Å². The van der Waals surface area contributed by atoms with Crippen molar-refractivity contribution in [2.24, 2.45) is 0 Å². The molecule has 7 heteroatoms. The average Bonchev–Trinajstić information content (AvgIpc) is 2.60. The van der Waals surface area contributed by atoms with Gasteiger partial charge in [-0.15, -0.1) is 0 Å². The molecular weight excluding hydrogens is 230 g/mol. The molecule has 2 heterocycles. The van der Waals surface area contributed by atoms with Gasteiger partial charge in [-0.1, -0.05) is 5.16 Å². The van der Waals surface area contributed by atoms with Crippen molar-refractivity contribution in [3.8, 4) is 0 Å². The van der Waals surface area contributed by atoms with Gasteiger partial charge in [0.2, 0.25) is 10.0 Å². The number of rotatable bonds is 2. The van der Waals surface area contributed by atoms with Gasteiger partial charge in [0, 0.05) is 0 Å². The first-order valence-electron chi connectivity index (χ1n) is 5.28. The molecule has 0 saturated carbocycles. The van der Waals surface area contributed by atoms with E-state index >= 15 is 0 Å². The second-order valence-electron chi connectivity index (χ2n) is 3.92. The van der Waals surface area contributed by atoms with E-state index in [1.165, 1.54) is 4.31 Å². The van der Waals surface area contributed by atoms with Crippen LogP contribution in [0, 0.1) is 13.8 Å². The van der Waals surface area contributed by atoms with Gasteiger partial charge in [0.25, 0.3) is 0 Å². The summed E-state index contributed by atoms with van der Waals surface area (Å²) in [5, 5.41) is 5.80. The van der Waals surface area contributed by atoms with Crippen molar-refractivity contribution < 1.29 is 18.3 Å². The van der Waals surface area contributed by atoms with E-state index in [0.29, 0.717) is 24.5 Å². The molecular formula is C9H16N3O3S+. The largest absolute Gasteiger partial charge is 0.360 e. The molecule has 0 atom stereocenters. The lowest BCUT2D eigenvalue weighted by Gasteiger charge is -2.24. The predicted molar refractivity (Wildman–Crippen MR) is 56.4 cm³/mol. The van der Waals surface area contributed by atoms with Gasteiger partial charge in [-0.3, -0.25) is 0 Å². The number of nitrogens with two attached hydrogens (primary N) is 1. The Labute approximate surface area is 94.7 Å². The van der Waals surface area contributed by atoms with Crippen molar-refractivity contribution in [3.05, 3.63) is 11.5 Å². The number of nitrogens with zero attached hydrogens (tertiary/aromatic N) is 2. The van der Waals surface area contributed by atoms with Crippen LogP contribution >= 0.6 is 0 Å². The van der Waals surface area contributed by atoms with E-state index in [-0.39, 0.29) is 4.90 Å². The smallest absolute Gasteiger partial charge is 0.248 e. The van der Waals surface area contributed by atoms with E-state index in [1.54, 1.807) is 13.8 Å². The fraction of sp³-hybridized carbons (Fsp3) is 0.667. The second-order valence-corrected chi connectivity index (χ2v) is 5.80. The summed E-state index contributed by atoms with van der Waals surface area (Å²) in [6.07, 6.45) is 0. The molecule has 1 aromatic heterocycles. The molecule has 2 rings (SSSR count). The number of hydrogen-bond donors (Lipinski definition) is 1. The summed E-state index contributed by atoms with van der Waals surface area (Å²) >= 11 is 0. The Morgan fingerprint density at radius 3 is 2.44 bits per heavy atom. The number of aromatic nitrogens is 1. The SMILES string of the molecule is Cc1noc(C)c1S(=O)(=O)N1CC[NH2+]CC1. The van der Waals surface area contributed by atoms with Crippen molar-refractivity contribution >= 4 is 10.0 Å². The minimum Gasteiger partial charge on any atom is -0.360 e. The highest BCUT2D eigenvalue weighted by atomic mass is 32.2. The monoisotopic (exact) mass is 246 g/mol. The van der Waals surface area contributed by atoms with Crippen molar-refractivity contribution in [2.45, 2.75) is 18.7 Å². The molecule has 2 N–H and O–H groups in total. The second kappa shape index (κ2) is 4.15. The van der Waals surface area contributed by atoms with Gasteiger partial charge in [-0.25, -0.2) is 8.42 Å². The molecule has 1 aromatic rings. The van der Waals surface area contributed by atoms with Crippen molar-refractivity contribution in [1.82, 2.24) is 9.46 Å².